The number of hydrogen-bond acceptors (Lipinski definition) is 7. The standard InChI is InChI=1S/C37H34F3N7O/c1-24-27(20-42-34-12-11-33(44-35(24)34)29-6-5-13-46(4)22-29)8-7-26-18-30(21-41-25(26)2)36(48)43-31-10-9-28(32(19-31)37(38,39)40)23-47-16-14-45(3)15-17-47/h6,9-13,18-22,35H,1,14-17,23H2,2-4H3,(H,43,48). The fourth-order valence-corrected chi connectivity index (χ4v) is 5.63. The summed E-state index contributed by atoms with van der Waals surface area (Å²) in [6.07, 6.45) is 7.94. The molecule has 48 heavy (non-hydrogen) atoms. The van der Waals surface area contributed by atoms with Gasteiger partial charge < -0.3 is 15.1 Å². The van der Waals surface area contributed by atoms with E-state index >= 15 is 0 Å². The van der Waals surface area contributed by atoms with E-state index < -0.39 is 23.7 Å². The van der Waals surface area contributed by atoms with Crippen LogP contribution in [0.25, 0.3) is 0 Å². The monoisotopic (exact) mass is 649 g/mol. The number of dihydropyridines is 1. The van der Waals surface area contributed by atoms with E-state index in [9.17, 15) is 18.0 Å². The van der Waals surface area contributed by atoms with Gasteiger partial charge in [0.05, 0.1) is 28.2 Å². The van der Waals surface area contributed by atoms with E-state index in [0.717, 1.165) is 36.2 Å². The number of rotatable bonds is 5. The Morgan fingerprint density at radius 1 is 1.12 bits per heavy atom. The number of allylic oxidation sites excluding steroid dienone is 3. The van der Waals surface area contributed by atoms with Crippen LogP contribution in [0.5, 0.6) is 0 Å². The van der Waals surface area contributed by atoms with Crippen LogP contribution >= 0.6 is 0 Å². The van der Waals surface area contributed by atoms with Gasteiger partial charge in [-0.15, -0.1) is 5.73 Å². The maximum Gasteiger partial charge on any atom is 0.416 e. The Morgan fingerprint density at radius 3 is 2.67 bits per heavy atom. The first-order valence-electron chi connectivity index (χ1n) is 15.5. The largest absolute Gasteiger partial charge is 0.416 e. The molecule has 0 bridgehead atoms. The van der Waals surface area contributed by atoms with Crippen LogP contribution in [0, 0.1) is 18.8 Å². The Bertz CT molecular complexity index is 1960. The summed E-state index contributed by atoms with van der Waals surface area (Å²) < 4.78 is 42.2. The summed E-state index contributed by atoms with van der Waals surface area (Å²) in [4.78, 5) is 33.0. The molecule has 5 heterocycles. The number of benzene rings is 1. The smallest absolute Gasteiger partial charge is 0.350 e. The predicted molar refractivity (Wildman–Crippen MR) is 182 cm³/mol. The molecule has 1 fully saturated rings. The first-order chi connectivity index (χ1) is 22.9. The summed E-state index contributed by atoms with van der Waals surface area (Å²) in [6, 6.07) is 5.11. The van der Waals surface area contributed by atoms with Gasteiger partial charge >= 0.3 is 6.18 Å². The number of alkyl halides is 3. The summed E-state index contributed by atoms with van der Waals surface area (Å²) in [5.41, 5.74) is 7.54. The van der Waals surface area contributed by atoms with Crippen LogP contribution in [-0.2, 0) is 12.7 Å². The minimum atomic E-state index is -4.57. The summed E-state index contributed by atoms with van der Waals surface area (Å²) >= 11 is 0. The van der Waals surface area contributed by atoms with Crippen LogP contribution in [0.3, 0.4) is 0 Å². The van der Waals surface area contributed by atoms with E-state index in [0.29, 0.717) is 35.5 Å². The highest BCUT2D eigenvalue weighted by molar-refractivity contribution is 6.19. The van der Waals surface area contributed by atoms with Gasteiger partial charge in [0.25, 0.3) is 5.91 Å². The lowest BCUT2D eigenvalue weighted by atomic mass is 9.91. The minimum Gasteiger partial charge on any atom is -0.350 e. The van der Waals surface area contributed by atoms with E-state index in [1.807, 2.05) is 54.5 Å². The van der Waals surface area contributed by atoms with Gasteiger partial charge in [-0.1, -0.05) is 24.5 Å². The van der Waals surface area contributed by atoms with E-state index in [1.54, 1.807) is 19.2 Å². The molecule has 1 atom stereocenters. The quantitative estimate of drug-likeness (QED) is 0.341. The van der Waals surface area contributed by atoms with Gasteiger partial charge in [0.15, 0.2) is 0 Å². The molecular weight excluding hydrogens is 615 g/mol. The lowest BCUT2D eigenvalue weighted by Crippen LogP contribution is -2.44. The third kappa shape index (κ3) is 7.32. The van der Waals surface area contributed by atoms with Crippen molar-refractivity contribution in [2.75, 3.05) is 45.6 Å². The average molecular weight is 650 g/mol. The van der Waals surface area contributed by atoms with Crippen molar-refractivity contribution in [3.05, 3.63) is 124 Å². The second-order valence-electron chi connectivity index (χ2n) is 12.1. The molecule has 4 aliphatic heterocycles. The van der Waals surface area contributed by atoms with Crippen molar-refractivity contribution in [1.29, 1.82) is 0 Å². The molecule has 1 N–H and O–H groups in total. The molecule has 4 aliphatic rings. The van der Waals surface area contributed by atoms with E-state index in [1.165, 1.54) is 18.3 Å². The van der Waals surface area contributed by atoms with Crippen molar-refractivity contribution < 1.29 is 18.0 Å². The maximum absolute atomic E-state index is 14.1. The van der Waals surface area contributed by atoms with Crippen LogP contribution in [0.15, 0.2) is 106 Å². The van der Waals surface area contributed by atoms with Gasteiger partial charge in [0.2, 0.25) is 0 Å². The normalized spacial score (nSPS) is 19.5. The molecule has 1 saturated heterocycles. The fourth-order valence-electron chi connectivity index (χ4n) is 5.63. The number of aromatic nitrogens is 1. The summed E-state index contributed by atoms with van der Waals surface area (Å²) in [6.45, 7) is 9.18. The van der Waals surface area contributed by atoms with Crippen molar-refractivity contribution in [1.82, 2.24) is 19.7 Å². The third-order valence-electron chi connectivity index (χ3n) is 8.48. The van der Waals surface area contributed by atoms with Crippen molar-refractivity contribution in [3.63, 3.8) is 0 Å². The van der Waals surface area contributed by atoms with Crippen molar-refractivity contribution in [2.24, 2.45) is 9.98 Å². The van der Waals surface area contributed by atoms with Crippen LogP contribution in [0.4, 0.5) is 18.9 Å². The number of carbonyl (C=O) groups is 1. The molecule has 0 aliphatic carbocycles. The SMILES string of the molecule is C=C1C(C#Cc2cc(C(=O)Nc3ccc(CN4CCN(C)CC4)c(C(F)(F)F)c3)cnc2C)=CN=C2C=CC(C3=CN(C)C=C=C3)=NC12. The average Bonchev–Trinajstić information content (AvgIpc) is 3.06. The lowest BCUT2D eigenvalue weighted by Gasteiger charge is -2.33. The number of nitrogens with zero attached hydrogens (tertiary/aromatic N) is 6. The molecule has 6 rings (SSSR count). The molecule has 11 heteroatoms. The molecule has 2 aromatic rings. The Balaban J connectivity index is 1.18. The zero-order chi connectivity index (χ0) is 34.0. The Kier molecular flexibility index (Phi) is 9.16. The van der Waals surface area contributed by atoms with Crippen LogP contribution < -0.4 is 5.32 Å². The number of hydrogen-bond donors (Lipinski definition) is 1. The second-order valence-corrected chi connectivity index (χ2v) is 12.1. The Hall–Kier alpha value is -5.27. The maximum atomic E-state index is 14.1. The summed E-state index contributed by atoms with van der Waals surface area (Å²) in [5, 5.41) is 2.60. The van der Waals surface area contributed by atoms with Gasteiger partial charge in [-0.3, -0.25) is 24.7 Å². The number of likely N-dealkylation sites (N-methyl/N-ethyl adjacent to an activating group) is 1. The minimum absolute atomic E-state index is 0.0450. The zero-order valence-corrected chi connectivity index (χ0v) is 26.9. The summed E-state index contributed by atoms with van der Waals surface area (Å²) in [5.74, 6) is 5.58. The molecule has 0 radical (unpaired) electrons. The first kappa shape index (κ1) is 32.7. The van der Waals surface area contributed by atoms with E-state index in [-0.39, 0.29) is 23.4 Å². The van der Waals surface area contributed by atoms with Crippen LogP contribution in [0.2, 0.25) is 0 Å². The Labute approximate surface area is 277 Å². The number of aliphatic imine (C=N–C) groups is 2. The van der Waals surface area contributed by atoms with Crippen LogP contribution in [0.1, 0.15) is 32.7 Å². The number of carbonyl (C=O) groups excluding carboxylic acids is 1. The highest BCUT2D eigenvalue weighted by Gasteiger charge is 2.34. The highest BCUT2D eigenvalue weighted by atomic mass is 19.4. The van der Waals surface area contributed by atoms with Crippen molar-refractivity contribution in [2.45, 2.75) is 25.7 Å². The molecule has 244 valence electrons. The Morgan fingerprint density at radius 2 is 1.92 bits per heavy atom. The van der Waals surface area contributed by atoms with Crippen molar-refractivity contribution >= 4 is 23.0 Å². The predicted octanol–water partition coefficient (Wildman–Crippen LogP) is 5.53. The molecular formula is C37H34F3N7O. The van der Waals surface area contributed by atoms with Gasteiger partial charge in [0, 0.05) is 87.0 Å². The number of piperazine rings is 1. The molecule has 0 saturated carbocycles. The number of nitrogens with one attached hydrogen (secondary N) is 1. The van der Waals surface area contributed by atoms with E-state index in [2.05, 4.69) is 44.3 Å². The van der Waals surface area contributed by atoms with Gasteiger partial charge in [-0.05, 0) is 61.5 Å². The molecule has 1 amide bonds. The third-order valence-corrected chi connectivity index (χ3v) is 8.48. The topological polar surface area (TPSA) is 76.4 Å². The van der Waals surface area contributed by atoms with Gasteiger partial charge in [-0.25, -0.2) is 0 Å². The molecule has 0 spiro atoms. The number of halogens is 3. The zero-order valence-electron chi connectivity index (χ0n) is 26.9. The van der Waals surface area contributed by atoms with Crippen molar-refractivity contribution in [3.8, 4) is 11.8 Å². The molecule has 1 unspecified atom stereocenters. The first-order valence-corrected chi connectivity index (χ1v) is 15.5. The van der Waals surface area contributed by atoms with Gasteiger partial charge in [0.1, 0.15) is 6.04 Å². The lowest BCUT2D eigenvalue weighted by molar-refractivity contribution is -0.138. The number of aryl methyl sites for hydroxylation is 1. The number of fused-ring (bicyclic) bond motifs is 1. The van der Waals surface area contributed by atoms with Gasteiger partial charge in [-0.2, -0.15) is 13.2 Å². The molecule has 8 nitrogen and oxygen atoms in total. The highest BCUT2D eigenvalue weighted by Crippen LogP contribution is 2.35. The fraction of sp³-hybridized carbons (Fsp3) is 0.270. The number of anilines is 1. The summed E-state index contributed by atoms with van der Waals surface area (Å²) in [7, 11) is 3.91. The molecule has 1 aromatic carbocycles. The second kappa shape index (κ2) is 13.5. The van der Waals surface area contributed by atoms with Crippen LogP contribution in [-0.4, -0.2) is 83.3 Å². The number of pyridine rings is 1. The van der Waals surface area contributed by atoms with E-state index in [4.69, 9.17) is 4.99 Å². The molecule has 1 aromatic heterocycles. The number of amides is 1.